The molecule has 26 heavy (non-hydrogen) atoms. The zero-order valence-corrected chi connectivity index (χ0v) is 15.4. The van der Waals surface area contributed by atoms with Gasteiger partial charge in [0.25, 0.3) is 5.56 Å². The summed E-state index contributed by atoms with van der Waals surface area (Å²) in [5, 5.41) is 3.23. The molecule has 4 rings (SSSR count). The maximum absolute atomic E-state index is 12.1. The largest absolute Gasteiger partial charge is 0.369 e. The van der Waals surface area contributed by atoms with Gasteiger partial charge in [-0.25, -0.2) is 4.98 Å². The molecule has 0 unspecified atom stereocenters. The average molecular weight is 353 g/mol. The van der Waals surface area contributed by atoms with Crippen LogP contribution in [0.25, 0.3) is 0 Å². The molecule has 1 aromatic heterocycles. The van der Waals surface area contributed by atoms with E-state index in [2.05, 4.69) is 56.3 Å². The van der Waals surface area contributed by atoms with Gasteiger partial charge in [0, 0.05) is 43.1 Å². The second kappa shape index (κ2) is 7.50. The van der Waals surface area contributed by atoms with Gasteiger partial charge in [-0.05, 0) is 56.5 Å². The minimum Gasteiger partial charge on any atom is -0.369 e. The van der Waals surface area contributed by atoms with E-state index in [4.69, 9.17) is 0 Å². The summed E-state index contributed by atoms with van der Waals surface area (Å²) in [6, 6.07) is 8.40. The van der Waals surface area contributed by atoms with Crippen LogP contribution in [-0.2, 0) is 12.8 Å². The standard InChI is InChI=1S/C20H27N5O/c1-2-10-24-11-13-25(14-12-24)16-8-6-15(7-9-16)21-20-22-18-5-3-4-17(18)19(26)23-20/h6-9H,2-5,10-14H2,1H3,(H2,21,22,23,26). The number of aromatic amines is 1. The van der Waals surface area contributed by atoms with Crippen LogP contribution >= 0.6 is 0 Å². The molecule has 0 radical (unpaired) electrons. The number of piperazine rings is 1. The fourth-order valence-electron chi connectivity index (χ4n) is 3.94. The number of hydrogen-bond acceptors (Lipinski definition) is 5. The maximum atomic E-state index is 12.1. The molecule has 0 atom stereocenters. The average Bonchev–Trinajstić information content (AvgIpc) is 3.13. The molecule has 1 aromatic carbocycles. The molecule has 1 aliphatic heterocycles. The topological polar surface area (TPSA) is 64.3 Å². The van der Waals surface area contributed by atoms with E-state index in [1.54, 1.807) is 0 Å². The molecule has 2 aliphatic rings. The molecule has 2 N–H and O–H groups in total. The Morgan fingerprint density at radius 3 is 2.62 bits per heavy atom. The molecular weight excluding hydrogens is 326 g/mol. The number of nitrogens with one attached hydrogen (secondary N) is 2. The molecule has 0 amide bonds. The SMILES string of the molecule is CCCN1CCN(c2ccc(Nc3nc4c(c(=O)[nH]3)CCC4)cc2)CC1. The van der Waals surface area contributed by atoms with Crippen LogP contribution < -0.4 is 15.8 Å². The van der Waals surface area contributed by atoms with E-state index in [0.29, 0.717) is 5.95 Å². The number of fused-ring (bicyclic) bond motifs is 1. The molecule has 138 valence electrons. The van der Waals surface area contributed by atoms with E-state index >= 15 is 0 Å². The molecule has 1 aliphatic carbocycles. The predicted octanol–water partition coefficient (Wildman–Crippen LogP) is 2.53. The highest BCUT2D eigenvalue weighted by molar-refractivity contribution is 5.59. The first kappa shape index (κ1) is 17.1. The second-order valence-corrected chi connectivity index (χ2v) is 7.19. The Hall–Kier alpha value is -2.34. The quantitative estimate of drug-likeness (QED) is 0.865. The number of benzene rings is 1. The lowest BCUT2D eigenvalue weighted by Gasteiger charge is -2.36. The van der Waals surface area contributed by atoms with Gasteiger partial charge in [0.15, 0.2) is 0 Å². The van der Waals surface area contributed by atoms with Crippen LogP contribution in [0.1, 0.15) is 31.0 Å². The summed E-state index contributed by atoms with van der Waals surface area (Å²) >= 11 is 0. The van der Waals surface area contributed by atoms with Crippen molar-refractivity contribution in [3.05, 3.63) is 45.9 Å². The lowest BCUT2D eigenvalue weighted by atomic mass is 10.2. The molecule has 6 heteroatoms. The Kier molecular flexibility index (Phi) is 4.93. The molecule has 0 spiro atoms. The molecule has 2 heterocycles. The van der Waals surface area contributed by atoms with Crippen LogP contribution in [-0.4, -0.2) is 47.6 Å². The van der Waals surface area contributed by atoms with Gasteiger partial charge in [-0.3, -0.25) is 14.7 Å². The van der Waals surface area contributed by atoms with E-state index in [1.165, 1.54) is 18.7 Å². The van der Waals surface area contributed by atoms with Gasteiger partial charge in [0.05, 0.1) is 5.69 Å². The summed E-state index contributed by atoms with van der Waals surface area (Å²) in [6.45, 7) is 7.85. The van der Waals surface area contributed by atoms with Crippen LogP contribution in [0.3, 0.4) is 0 Å². The predicted molar refractivity (Wildman–Crippen MR) is 106 cm³/mol. The van der Waals surface area contributed by atoms with Gasteiger partial charge in [0.1, 0.15) is 0 Å². The van der Waals surface area contributed by atoms with Gasteiger partial charge in [0.2, 0.25) is 5.95 Å². The fraction of sp³-hybridized carbons (Fsp3) is 0.500. The second-order valence-electron chi connectivity index (χ2n) is 7.19. The Bertz CT molecular complexity index is 806. The van der Waals surface area contributed by atoms with Crippen LogP contribution in [0, 0.1) is 0 Å². The van der Waals surface area contributed by atoms with Crippen molar-refractivity contribution in [3.63, 3.8) is 0 Å². The van der Waals surface area contributed by atoms with E-state index in [1.807, 2.05) is 0 Å². The summed E-state index contributed by atoms with van der Waals surface area (Å²) in [7, 11) is 0. The number of aryl methyl sites for hydroxylation is 1. The third-order valence-corrected chi connectivity index (χ3v) is 5.35. The number of H-pyrrole nitrogens is 1. The normalized spacial score (nSPS) is 17.3. The molecule has 0 bridgehead atoms. The molecule has 1 saturated heterocycles. The minimum atomic E-state index is -0.00318. The third-order valence-electron chi connectivity index (χ3n) is 5.35. The number of anilines is 3. The van der Waals surface area contributed by atoms with E-state index in [-0.39, 0.29) is 5.56 Å². The number of hydrogen-bond donors (Lipinski definition) is 2. The summed E-state index contributed by atoms with van der Waals surface area (Å²) in [4.78, 5) is 24.5. The Balaban J connectivity index is 1.41. The van der Waals surface area contributed by atoms with Crippen molar-refractivity contribution in [1.29, 1.82) is 0 Å². The zero-order valence-electron chi connectivity index (χ0n) is 15.4. The van der Waals surface area contributed by atoms with E-state index in [9.17, 15) is 4.79 Å². The maximum Gasteiger partial charge on any atom is 0.255 e. The smallest absolute Gasteiger partial charge is 0.255 e. The lowest BCUT2D eigenvalue weighted by Crippen LogP contribution is -2.46. The van der Waals surface area contributed by atoms with Crippen molar-refractivity contribution in [3.8, 4) is 0 Å². The molecule has 2 aromatic rings. The molecule has 1 fully saturated rings. The minimum absolute atomic E-state index is 0.00318. The van der Waals surface area contributed by atoms with Gasteiger partial charge in [-0.2, -0.15) is 0 Å². The summed E-state index contributed by atoms with van der Waals surface area (Å²) < 4.78 is 0. The highest BCUT2D eigenvalue weighted by atomic mass is 16.1. The molecular formula is C20H27N5O. The van der Waals surface area contributed by atoms with Gasteiger partial charge in [-0.1, -0.05) is 6.92 Å². The highest BCUT2D eigenvalue weighted by Gasteiger charge is 2.18. The first-order valence-electron chi connectivity index (χ1n) is 9.69. The first-order chi connectivity index (χ1) is 12.7. The Morgan fingerprint density at radius 2 is 1.88 bits per heavy atom. The van der Waals surface area contributed by atoms with Crippen molar-refractivity contribution < 1.29 is 0 Å². The fourth-order valence-corrected chi connectivity index (χ4v) is 3.94. The molecule has 6 nitrogen and oxygen atoms in total. The monoisotopic (exact) mass is 353 g/mol. The van der Waals surface area contributed by atoms with Crippen LogP contribution in [0.15, 0.2) is 29.1 Å². The van der Waals surface area contributed by atoms with Crippen molar-refractivity contribution in [2.75, 3.05) is 42.9 Å². The number of aromatic nitrogens is 2. The van der Waals surface area contributed by atoms with Crippen molar-refractivity contribution >= 4 is 17.3 Å². The van der Waals surface area contributed by atoms with Gasteiger partial charge >= 0.3 is 0 Å². The summed E-state index contributed by atoms with van der Waals surface area (Å²) in [6.07, 6.45) is 3.99. The van der Waals surface area contributed by atoms with Gasteiger partial charge in [-0.15, -0.1) is 0 Å². The lowest BCUT2D eigenvalue weighted by molar-refractivity contribution is 0.258. The number of nitrogens with zero attached hydrogens (tertiary/aromatic N) is 3. The Morgan fingerprint density at radius 1 is 1.12 bits per heavy atom. The molecule has 0 saturated carbocycles. The Labute approximate surface area is 154 Å². The summed E-state index contributed by atoms with van der Waals surface area (Å²) in [5.74, 6) is 0.538. The van der Waals surface area contributed by atoms with Crippen molar-refractivity contribution in [2.45, 2.75) is 32.6 Å². The first-order valence-corrected chi connectivity index (χ1v) is 9.69. The van der Waals surface area contributed by atoms with Crippen molar-refractivity contribution in [1.82, 2.24) is 14.9 Å². The van der Waals surface area contributed by atoms with Crippen LogP contribution in [0.4, 0.5) is 17.3 Å². The number of rotatable bonds is 5. The van der Waals surface area contributed by atoms with Crippen LogP contribution in [0.2, 0.25) is 0 Å². The van der Waals surface area contributed by atoms with Crippen LogP contribution in [0.5, 0.6) is 0 Å². The van der Waals surface area contributed by atoms with Crippen molar-refractivity contribution in [2.24, 2.45) is 0 Å². The highest BCUT2D eigenvalue weighted by Crippen LogP contribution is 2.22. The van der Waals surface area contributed by atoms with E-state index < -0.39 is 0 Å². The zero-order chi connectivity index (χ0) is 17.9. The third kappa shape index (κ3) is 3.60. The summed E-state index contributed by atoms with van der Waals surface area (Å²) in [5.41, 5.74) is 3.99. The van der Waals surface area contributed by atoms with Gasteiger partial charge < -0.3 is 10.2 Å². The van der Waals surface area contributed by atoms with E-state index in [0.717, 1.165) is 62.4 Å².